The Bertz CT molecular complexity index is 973. The molecule has 0 amide bonds. The monoisotopic (exact) mass is 399 g/mol. The summed E-state index contributed by atoms with van der Waals surface area (Å²) in [6.07, 6.45) is 7.19. The number of anilines is 1. The first-order valence-corrected chi connectivity index (χ1v) is 10.3. The number of oxime groups is 1. The van der Waals surface area contributed by atoms with Crippen LogP contribution in [0.25, 0.3) is 11.0 Å². The Balaban J connectivity index is 1.47. The Morgan fingerprint density at radius 1 is 1.34 bits per heavy atom. The number of carboxylic acid groups (broad SMARTS) is 1. The molecule has 4 heterocycles. The zero-order valence-corrected chi connectivity index (χ0v) is 16.4. The molecule has 9 heteroatoms. The molecule has 0 radical (unpaired) electrons. The molecule has 2 aromatic rings. The second-order valence-corrected chi connectivity index (χ2v) is 8.21. The number of ether oxygens (including phenoxy) is 1. The number of hydrogen-bond donors (Lipinski definition) is 2. The van der Waals surface area contributed by atoms with Gasteiger partial charge >= 0.3 is 5.97 Å². The van der Waals surface area contributed by atoms with Crippen molar-refractivity contribution in [1.82, 2.24) is 14.8 Å². The number of nitrogens with zero attached hydrogens (tertiary/aromatic N) is 4. The normalized spacial score (nSPS) is 26.9. The van der Waals surface area contributed by atoms with E-state index in [4.69, 9.17) is 9.57 Å². The number of aromatic nitrogens is 3. The van der Waals surface area contributed by atoms with Gasteiger partial charge in [-0.15, -0.1) is 0 Å². The quantitative estimate of drug-likeness (QED) is 0.794. The molecular formula is C20H25N5O4. The summed E-state index contributed by atoms with van der Waals surface area (Å²) in [7, 11) is 0. The molecule has 0 atom stereocenters. The van der Waals surface area contributed by atoms with Gasteiger partial charge in [0, 0.05) is 56.8 Å². The summed E-state index contributed by atoms with van der Waals surface area (Å²) in [5.41, 5.74) is 3.08. The van der Waals surface area contributed by atoms with E-state index in [2.05, 4.69) is 20.6 Å². The average Bonchev–Trinajstić information content (AvgIpc) is 3.32. The maximum Gasteiger partial charge on any atom is 0.306 e. The number of carboxylic acids is 1. The van der Waals surface area contributed by atoms with Gasteiger partial charge in [0.2, 0.25) is 0 Å². The molecule has 2 aromatic heterocycles. The third-order valence-corrected chi connectivity index (χ3v) is 6.27. The van der Waals surface area contributed by atoms with E-state index in [1.807, 2.05) is 24.0 Å². The van der Waals surface area contributed by atoms with E-state index in [1.54, 1.807) is 0 Å². The smallest absolute Gasteiger partial charge is 0.306 e. The minimum atomic E-state index is -0.760. The van der Waals surface area contributed by atoms with Gasteiger partial charge in [0.1, 0.15) is 5.60 Å². The van der Waals surface area contributed by atoms with Gasteiger partial charge in [-0.1, -0.05) is 5.16 Å². The van der Waals surface area contributed by atoms with E-state index in [1.165, 1.54) is 0 Å². The average molecular weight is 399 g/mol. The highest BCUT2D eigenvalue weighted by molar-refractivity contribution is 6.10. The van der Waals surface area contributed by atoms with E-state index in [9.17, 15) is 9.90 Å². The van der Waals surface area contributed by atoms with Crippen molar-refractivity contribution < 1.29 is 19.5 Å². The fourth-order valence-electron chi connectivity index (χ4n) is 4.58. The summed E-state index contributed by atoms with van der Waals surface area (Å²) in [5.74, 6) is -1.10. The second-order valence-electron chi connectivity index (χ2n) is 8.21. The Morgan fingerprint density at radius 2 is 2.14 bits per heavy atom. The summed E-state index contributed by atoms with van der Waals surface area (Å²) in [5, 5.41) is 22.7. The van der Waals surface area contributed by atoms with Crippen LogP contribution in [0, 0.1) is 5.92 Å². The lowest BCUT2D eigenvalue weighted by atomic mass is 9.68. The number of aryl methyl sites for hydroxylation is 1. The van der Waals surface area contributed by atoms with E-state index in [0.717, 1.165) is 60.6 Å². The summed E-state index contributed by atoms with van der Waals surface area (Å²) in [4.78, 5) is 21.6. The fraction of sp³-hybridized carbons (Fsp3) is 0.600. The van der Waals surface area contributed by atoms with Gasteiger partial charge < -0.3 is 20.0 Å². The van der Waals surface area contributed by atoms with Gasteiger partial charge in [0.25, 0.3) is 0 Å². The number of hydrogen-bond acceptors (Lipinski definition) is 7. The molecule has 2 fully saturated rings. The molecule has 1 aliphatic carbocycles. The highest BCUT2D eigenvalue weighted by atomic mass is 16.7. The lowest BCUT2D eigenvalue weighted by Crippen LogP contribution is -2.47. The molecule has 1 spiro atoms. The third kappa shape index (κ3) is 3.13. The van der Waals surface area contributed by atoms with Crippen LogP contribution in [0.3, 0.4) is 0 Å². The van der Waals surface area contributed by atoms with Crippen LogP contribution in [0.15, 0.2) is 17.5 Å². The highest BCUT2D eigenvalue weighted by Crippen LogP contribution is 2.48. The van der Waals surface area contributed by atoms with Gasteiger partial charge in [-0.05, 0) is 19.8 Å². The number of nitrogens with one attached hydrogen (secondary N) is 1. The van der Waals surface area contributed by atoms with Crippen molar-refractivity contribution in [2.45, 2.75) is 57.2 Å². The van der Waals surface area contributed by atoms with E-state index in [0.29, 0.717) is 25.3 Å². The minimum Gasteiger partial charge on any atom is -0.481 e. The van der Waals surface area contributed by atoms with Gasteiger partial charge in [-0.2, -0.15) is 5.10 Å². The van der Waals surface area contributed by atoms with E-state index in [-0.39, 0.29) is 5.92 Å². The van der Waals surface area contributed by atoms with Crippen LogP contribution in [0.2, 0.25) is 0 Å². The van der Waals surface area contributed by atoms with E-state index >= 15 is 0 Å². The lowest BCUT2D eigenvalue weighted by molar-refractivity contribution is -0.162. The predicted octanol–water partition coefficient (Wildman–Crippen LogP) is 2.40. The summed E-state index contributed by atoms with van der Waals surface area (Å²) < 4.78 is 7.38. The van der Waals surface area contributed by atoms with Gasteiger partial charge in [-0.3, -0.25) is 4.79 Å². The molecule has 0 unspecified atom stereocenters. The highest BCUT2D eigenvalue weighted by Gasteiger charge is 2.53. The molecule has 2 aliphatic heterocycles. The standard InChI is InChI=1S/C20H25N5O4/c1-2-25-18-15(11-22-25)17(23-13-3-5-28-6-4-13)14(10-21-18)16-9-20(29-24-16)7-12(8-20)19(26)27/h10-13H,2-9H2,1H3,(H,21,23)(H,26,27). The molecule has 29 heavy (non-hydrogen) atoms. The predicted molar refractivity (Wildman–Crippen MR) is 106 cm³/mol. The van der Waals surface area contributed by atoms with Crippen LogP contribution in [-0.4, -0.2) is 56.4 Å². The summed E-state index contributed by atoms with van der Waals surface area (Å²) >= 11 is 0. The van der Waals surface area contributed by atoms with Crippen LogP contribution >= 0.6 is 0 Å². The summed E-state index contributed by atoms with van der Waals surface area (Å²) in [6.45, 7) is 4.29. The van der Waals surface area contributed by atoms with Gasteiger partial charge in [-0.25, -0.2) is 9.67 Å². The zero-order valence-electron chi connectivity index (χ0n) is 16.4. The van der Waals surface area contributed by atoms with Crippen molar-refractivity contribution in [2.24, 2.45) is 11.1 Å². The summed E-state index contributed by atoms with van der Waals surface area (Å²) in [6, 6.07) is 0.315. The third-order valence-electron chi connectivity index (χ3n) is 6.27. The molecule has 154 valence electrons. The molecule has 0 bridgehead atoms. The van der Waals surface area contributed by atoms with E-state index < -0.39 is 11.6 Å². The van der Waals surface area contributed by atoms with Crippen LogP contribution in [0.5, 0.6) is 0 Å². The molecule has 1 saturated heterocycles. The number of fused-ring (bicyclic) bond motifs is 1. The molecule has 0 aromatic carbocycles. The maximum atomic E-state index is 11.2. The Hall–Kier alpha value is -2.68. The molecule has 2 N–H and O–H groups in total. The van der Waals surface area contributed by atoms with Crippen LogP contribution in [-0.2, 0) is 20.9 Å². The second kappa shape index (κ2) is 6.98. The number of carbonyl (C=O) groups is 1. The van der Waals surface area contributed by atoms with Crippen molar-refractivity contribution in [2.75, 3.05) is 18.5 Å². The zero-order chi connectivity index (χ0) is 20.0. The van der Waals surface area contributed by atoms with Crippen LogP contribution in [0.1, 0.15) is 44.6 Å². The molecule has 5 rings (SSSR count). The lowest BCUT2D eigenvalue weighted by Gasteiger charge is -2.40. The molecular weight excluding hydrogens is 374 g/mol. The van der Waals surface area contributed by atoms with Crippen molar-refractivity contribution >= 4 is 28.4 Å². The SMILES string of the molecule is CCn1ncc2c(NC3CCOCC3)c(C3=NOC4(C3)CC(C(=O)O)C4)cnc21. The molecule has 1 saturated carbocycles. The van der Waals surface area contributed by atoms with Crippen molar-refractivity contribution in [3.05, 3.63) is 18.0 Å². The van der Waals surface area contributed by atoms with Crippen molar-refractivity contribution in [1.29, 1.82) is 0 Å². The van der Waals surface area contributed by atoms with Gasteiger partial charge in [0.15, 0.2) is 5.65 Å². The Kier molecular flexibility index (Phi) is 4.42. The number of rotatable bonds is 5. The van der Waals surface area contributed by atoms with Crippen LogP contribution < -0.4 is 5.32 Å². The van der Waals surface area contributed by atoms with Crippen molar-refractivity contribution in [3.8, 4) is 0 Å². The molecule has 3 aliphatic rings. The fourth-order valence-corrected chi connectivity index (χ4v) is 4.58. The first-order chi connectivity index (χ1) is 14.1. The Labute approximate surface area is 168 Å². The Morgan fingerprint density at radius 3 is 2.86 bits per heavy atom. The topological polar surface area (TPSA) is 111 Å². The number of pyridine rings is 1. The molecule has 9 nitrogen and oxygen atoms in total. The minimum absolute atomic E-state index is 0.315. The van der Waals surface area contributed by atoms with Crippen LogP contribution in [0.4, 0.5) is 5.69 Å². The first-order valence-electron chi connectivity index (χ1n) is 10.3. The largest absolute Gasteiger partial charge is 0.481 e. The number of aliphatic carboxylic acids is 1. The van der Waals surface area contributed by atoms with Gasteiger partial charge in [0.05, 0.1) is 28.9 Å². The van der Waals surface area contributed by atoms with Crippen molar-refractivity contribution in [3.63, 3.8) is 0 Å². The first kappa shape index (κ1) is 18.4. The maximum absolute atomic E-state index is 11.2.